The fourth-order valence-electron chi connectivity index (χ4n) is 2.06. The zero-order valence-corrected chi connectivity index (χ0v) is 11.8. The molecule has 0 spiro atoms. The van der Waals surface area contributed by atoms with Crippen molar-refractivity contribution in [2.24, 2.45) is 0 Å². The number of unbranched alkanes of at least 4 members (excludes halogenated alkanes) is 3. The topological polar surface area (TPSA) is 32.3 Å². The summed E-state index contributed by atoms with van der Waals surface area (Å²) >= 11 is 0. The second-order valence-corrected chi connectivity index (χ2v) is 4.88. The maximum Gasteiger partial charge on any atom is 0.0914 e. The summed E-state index contributed by atoms with van der Waals surface area (Å²) < 4.78 is 0. The zero-order valence-electron chi connectivity index (χ0n) is 11.8. The molecular formula is C16H27NO. The summed E-state index contributed by atoms with van der Waals surface area (Å²) in [5.41, 5.74) is 2.39. The van der Waals surface area contributed by atoms with Crippen LogP contribution in [0.3, 0.4) is 0 Å². The van der Waals surface area contributed by atoms with E-state index in [9.17, 15) is 5.11 Å². The van der Waals surface area contributed by atoms with E-state index in [4.69, 9.17) is 0 Å². The monoisotopic (exact) mass is 249 g/mol. The standard InChI is InChI=1S/C16H27NO/c1-3-5-6-7-8-14-9-11-15(12-10-14)16(18)13-17-4-2/h9-12,16-18H,3-8,13H2,1-2H3. The molecule has 2 N–H and O–H groups in total. The molecule has 2 heteroatoms. The van der Waals surface area contributed by atoms with Crippen LogP contribution in [-0.4, -0.2) is 18.2 Å². The van der Waals surface area contributed by atoms with Crippen LogP contribution in [0.5, 0.6) is 0 Å². The normalized spacial score (nSPS) is 12.6. The molecule has 1 atom stereocenters. The number of aryl methyl sites for hydroxylation is 1. The summed E-state index contributed by atoms with van der Waals surface area (Å²) in [6.07, 6.45) is 5.98. The summed E-state index contributed by atoms with van der Waals surface area (Å²) in [7, 11) is 0. The molecule has 0 radical (unpaired) electrons. The number of hydrogen-bond donors (Lipinski definition) is 2. The van der Waals surface area contributed by atoms with Gasteiger partial charge in [0.25, 0.3) is 0 Å². The molecule has 1 aromatic rings. The highest BCUT2D eigenvalue weighted by Gasteiger charge is 2.05. The van der Waals surface area contributed by atoms with Crippen molar-refractivity contribution in [3.05, 3.63) is 35.4 Å². The van der Waals surface area contributed by atoms with Crippen LogP contribution < -0.4 is 5.32 Å². The third-order valence-corrected chi connectivity index (χ3v) is 3.27. The van der Waals surface area contributed by atoms with Gasteiger partial charge in [0, 0.05) is 6.54 Å². The van der Waals surface area contributed by atoms with Crippen LogP contribution in [0.4, 0.5) is 0 Å². The second-order valence-electron chi connectivity index (χ2n) is 4.88. The third kappa shape index (κ3) is 5.65. The van der Waals surface area contributed by atoms with Gasteiger partial charge in [0.1, 0.15) is 0 Å². The van der Waals surface area contributed by atoms with Gasteiger partial charge in [-0.05, 0) is 30.5 Å². The largest absolute Gasteiger partial charge is 0.387 e. The second kappa shape index (κ2) is 9.12. The van der Waals surface area contributed by atoms with Gasteiger partial charge in [0.2, 0.25) is 0 Å². The molecule has 0 heterocycles. The first-order valence-electron chi connectivity index (χ1n) is 7.25. The van der Waals surface area contributed by atoms with Crippen molar-refractivity contribution in [1.29, 1.82) is 0 Å². The Morgan fingerprint density at radius 1 is 1.06 bits per heavy atom. The van der Waals surface area contributed by atoms with Gasteiger partial charge in [-0.15, -0.1) is 0 Å². The molecular weight excluding hydrogens is 222 g/mol. The number of hydrogen-bond acceptors (Lipinski definition) is 2. The van der Waals surface area contributed by atoms with E-state index in [1.165, 1.54) is 31.2 Å². The first-order valence-corrected chi connectivity index (χ1v) is 7.25. The van der Waals surface area contributed by atoms with Gasteiger partial charge in [-0.3, -0.25) is 0 Å². The fraction of sp³-hybridized carbons (Fsp3) is 0.625. The van der Waals surface area contributed by atoms with Crippen LogP contribution in [0.25, 0.3) is 0 Å². The van der Waals surface area contributed by atoms with Gasteiger partial charge in [-0.1, -0.05) is 57.4 Å². The summed E-state index contributed by atoms with van der Waals surface area (Å²) in [6.45, 7) is 5.81. The lowest BCUT2D eigenvalue weighted by Gasteiger charge is -2.12. The molecule has 102 valence electrons. The van der Waals surface area contributed by atoms with Gasteiger partial charge in [-0.2, -0.15) is 0 Å². The predicted octanol–water partition coefficient (Wildman–Crippen LogP) is 3.45. The summed E-state index contributed by atoms with van der Waals surface area (Å²) in [5.74, 6) is 0. The highest BCUT2D eigenvalue weighted by Crippen LogP contribution is 2.15. The van der Waals surface area contributed by atoms with Crippen LogP contribution in [0.15, 0.2) is 24.3 Å². The van der Waals surface area contributed by atoms with Gasteiger partial charge in [0.05, 0.1) is 6.10 Å². The molecule has 0 aromatic heterocycles. The van der Waals surface area contributed by atoms with Crippen LogP contribution in [0.1, 0.15) is 56.8 Å². The number of rotatable bonds is 9. The quantitative estimate of drug-likeness (QED) is 0.657. The van der Waals surface area contributed by atoms with Gasteiger partial charge < -0.3 is 10.4 Å². The minimum absolute atomic E-state index is 0.390. The molecule has 0 aliphatic carbocycles. The Hall–Kier alpha value is -0.860. The van der Waals surface area contributed by atoms with Crippen molar-refractivity contribution >= 4 is 0 Å². The van der Waals surface area contributed by atoms with E-state index in [2.05, 4.69) is 36.5 Å². The lowest BCUT2D eigenvalue weighted by molar-refractivity contribution is 0.175. The molecule has 1 rings (SSSR count). The molecule has 2 nitrogen and oxygen atoms in total. The van der Waals surface area contributed by atoms with E-state index in [1.54, 1.807) is 0 Å². The minimum Gasteiger partial charge on any atom is -0.387 e. The first-order chi connectivity index (χ1) is 8.77. The highest BCUT2D eigenvalue weighted by atomic mass is 16.3. The highest BCUT2D eigenvalue weighted by molar-refractivity contribution is 5.24. The maximum atomic E-state index is 9.93. The van der Waals surface area contributed by atoms with Crippen molar-refractivity contribution in [3.8, 4) is 0 Å². The SMILES string of the molecule is CCCCCCc1ccc(C(O)CNCC)cc1. The van der Waals surface area contributed by atoms with Crippen LogP contribution in [-0.2, 0) is 6.42 Å². The van der Waals surface area contributed by atoms with Crippen molar-refractivity contribution in [2.75, 3.05) is 13.1 Å². The Morgan fingerprint density at radius 2 is 1.78 bits per heavy atom. The summed E-state index contributed by atoms with van der Waals surface area (Å²) in [4.78, 5) is 0. The van der Waals surface area contributed by atoms with E-state index in [0.717, 1.165) is 18.5 Å². The number of aliphatic hydroxyl groups excluding tert-OH is 1. The molecule has 1 aromatic carbocycles. The van der Waals surface area contributed by atoms with E-state index in [1.807, 2.05) is 6.92 Å². The first kappa shape index (κ1) is 15.2. The van der Waals surface area contributed by atoms with Crippen LogP contribution in [0, 0.1) is 0 Å². The van der Waals surface area contributed by atoms with Crippen molar-refractivity contribution in [1.82, 2.24) is 5.32 Å². The van der Waals surface area contributed by atoms with Crippen molar-refractivity contribution in [3.63, 3.8) is 0 Å². The average Bonchev–Trinajstić information content (AvgIpc) is 2.41. The van der Waals surface area contributed by atoms with Gasteiger partial charge >= 0.3 is 0 Å². The van der Waals surface area contributed by atoms with Crippen LogP contribution in [0.2, 0.25) is 0 Å². The van der Waals surface area contributed by atoms with E-state index in [-0.39, 0.29) is 6.10 Å². The Morgan fingerprint density at radius 3 is 2.39 bits per heavy atom. The molecule has 1 unspecified atom stereocenters. The Balaban J connectivity index is 2.37. The smallest absolute Gasteiger partial charge is 0.0914 e. The lowest BCUT2D eigenvalue weighted by atomic mass is 10.0. The number of nitrogens with one attached hydrogen (secondary N) is 1. The molecule has 18 heavy (non-hydrogen) atoms. The number of likely N-dealkylation sites (N-methyl/N-ethyl adjacent to an activating group) is 1. The summed E-state index contributed by atoms with van der Waals surface area (Å²) in [5, 5.41) is 13.1. The lowest BCUT2D eigenvalue weighted by Crippen LogP contribution is -2.20. The molecule has 0 saturated heterocycles. The van der Waals surface area contributed by atoms with Gasteiger partial charge in [0.15, 0.2) is 0 Å². The Kier molecular flexibility index (Phi) is 7.70. The number of benzene rings is 1. The number of aliphatic hydroxyl groups is 1. The molecule has 0 aliphatic rings. The fourth-order valence-corrected chi connectivity index (χ4v) is 2.06. The summed E-state index contributed by atoms with van der Waals surface area (Å²) in [6, 6.07) is 8.40. The van der Waals surface area contributed by atoms with E-state index in [0.29, 0.717) is 6.54 Å². The van der Waals surface area contributed by atoms with Crippen molar-refractivity contribution in [2.45, 2.75) is 52.1 Å². The Labute approximate surface area is 111 Å². The van der Waals surface area contributed by atoms with Crippen molar-refractivity contribution < 1.29 is 5.11 Å². The average molecular weight is 249 g/mol. The minimum atomic E-state index is -0.390. The molecule has 0 saturated carbocycles. The Bertz CT molecular complexity index is 307. The van der Waals surface area contributed by atoms with Gasteiger partial charge in [-0.25, -0.2) is 0 Å². The predicted molar refractivity (Wildman–Crippen MR) is 77.8 cm³/mol. The third-order valence-electron chi connectivity index (χ3n) is 3.27. The maximum absolute atomic E-state index is 9.93. The molecule has 0 fully saturated rings. The van der Waals surface area contributed by atoms with E-state index < -0.39 is 0 Å². The van der Waals surface area contributed by atoms with Crippen LogP contribution >= 0.6 is 0 Å². The molecule has 0 aliphatic heterocycles. The zero-order chi connectivity index (χ0) is 13.2. The van der Waals surface area contributed by atoms with E-state index >= 15 is 0 Å². The molecule has 0 bridgehead atoms. The molecule has 0 amide bonds.